The summed E-state index contributed by atoms with van der Waals surface area (Å²) in [5.41, 5.74) is 1.52. The van der Waals surface area contributed by atoms with Gasteiger partial charge in [0.1, 0.15) is 11.5 Å². The monoisotopic (exact) mass is 425 g/mol. The zero-order valence-electron chi connectivity index (χ0n) is 17.9. The van der Waals surface area contributed by atoms with Crippen LogP contribution in [-0.4, -0.2) is 48.8 Å². The molecule has 0 aliphatic carbocycles. The molecule has 0 radical (unpaired) electrons. The van der Waals surface area contributed by atoms with Crippen molar-refractivity contribution in [2.24, 2.45) is 9.98 Å². The fourth-order valence-corrected chi connectivity index (χ4v) is 3.72. The van der Waals surface area contributed by atoms with Gasteiger partial charge < -0.3 is 15.5 Å². The molecule has 0 aliphatic rings. The van der Waals surface area contributed by atoms with Crippen LogP contribution in [0.15, 0.2) is 82.8 Å². The average molecular weight is 426 g/mol. The topological polar surface area (TPSA) is 77.2 Å². The number of aliphatic imine (C=N–C) groups is 2. The number of hydrogen-bond acceptors (Lipinski definition) is 5. The molecule has 5 nitrogen and oxygen atoms in total. The van der Waals surface area contributed by atoms with Crippen molar-refractivity contribution in [3.63, 3.8) is 0 Å². The molecule has 0 amide bonds. The Labute approximate surface area is 187 Å². The Morgan fingerprint density at radius 2 is 1.16 bits per heavy atom. The molecule has 5 heteroatoms. The summed E-state index contributed by atoms with van der Waals surface area (Å²) in [4.78, 5) is 8.94. The highest BCUT2D eigenvalue weighted by Crippen LogP contribution is 2.26. The van der Waals surface area contributed by atoms with Gasteiger partial charge in [0.05, 0.1) is 6.54 Å². The molecule has 4 aromatic rings. The molecule has 0 fully saturated rings. The predicted octanol–water partition coefficient (Wildman–Crippen LogP) is 4.92. The van der Waals surface area contributed by atoms with Crippen molar-refractivity contribution in [3.05, 3.63) is 83.9 Å². The highest BCUT2D eigenvalue weighted by atomic mass is 16.3. The molecule has 3 N–H and O–H groups in total. The zero-order valence-corrected chi connectivity index (χ0v) is 17.9. The molecular formula is C27H27N3O2. The van der Waals surface area contributed by atoms with E-state index in [1.54, 1.807) is 24.6 Å². The summed E-state index contributed by atoms with van der Waals surface area (Å²) in [6, 6.07) is 23.2. The summed E-state index contributed by atoms with van der Waals surface area (Å²) in [5.74, 6) is 0.496. The van der Waals surface area contributed by atoms with Gasteiger partial charge >= 0.3 is 0 Å². The van der Waals surface area contributed by atoms with Crippen LogP contribution in [0.3, 0.4) is 0 Å². The Hall–Kier alpha value is -3.70. The Balaban J connectivity index is 1.21. The highest BCUT2D eigenvalue weighted by molar-refractivity contribution is 6.03. The Kier molecular flexibility index (Phi) is 7.10. The second kappa shape index (κ2) is 10.6. The second-order valence-electron chi connectivity index (χ2n) is 7.61. The van der Waals surface area contributed by atoms with E-state index in [0.29, 0.717) is 13.1 Å². The van der Waals surface area contributed by atoms with Crippen molar-refractivity contribution in [2.45, 2.75) is 6.42 Å². The van der Waals surface area contributed by atoms with E-state index in [9.17, 15) is 10.2 Å². The van der Waals surface area contributed by atoms with Crippen LogP contribution in [0.5, 0.6) is 11.5 Å². The summed E-state index contributed by atoms with van der Waals surface area (Å²) >= 11 is 0. The second-order valence-corrected chi connectivity index (χ2v) is 7.61. The van der Waals surface area contributed by atoms with Gasteiger partial charge in [-0.05, 0) is 46.6 Å². The smallest absolute Gasteiger partial charge is 0.124 e. The lowest BCUT2D eigenvalue weighted by Crippen LogP contribution is -2.19. The third kappa shape index (κ3) is 5.13. The number of benzene rings is 4. The van der Waals surface area contributed by atoms with Crippen molar-refractivity contribution in [1.82, 2.24) is 5.32 Å². The number of nitrogens with one attached hydrogen (secondary N) is 1. The van der Waals surface area contributed by atoms with Crippen molar-refractivity contribution in [1.29, 1.82) is 0 Å². The standard InChI is InChI=1S/C27H27N3O2/c31-26-12-10-20-6-1-3-8-22(20)24(26)18-29-15-5-14-28-16-17-30-19-25-23-9-4-2-7-21(23)11-13-27(25)32/h1-4,6-13,18-19,28,31-32H,5,14-17H2. The van der Waals surface area contributed by atoms with Crippen LogP contribution in [0.4, 0.5) is 0 Å². The molecule has 0 unspecified atom stereocenters. The van der Waals surface area contributed by atoms with Crippen LogP contribution in [0.2, 0.25) is 0 Å². The molecule has 4 aromatic carbocycles. The van der Waals surface area contributed by atoms with Crippen LogP contribution >= 0.6 is 0 Å². The Morgan fingerprint density at radius 3 is 1.75 bits per heavy atom. The first kappa shape index (κ1) is 21.5. The van der Waals surface area contributed by atoms with Crippen LogP contribution in [0.25, 0.3) is 21.5 Å². The molecule has 0 atom stereocenters. The van der Waals surface area contributed by atoms with E-state index in [0.717, 1.165) is 52.2 Å². The summed E-state index contributed by atoms with van der Waals surface area (Å²) in [5, 5.41) is 27.9. The minimum atomic E-state index is 0.246. The van der Waals surface area contributed by atoms with E-state index in [4.69, 9.17) is 0 Å². The molecule has 0 bridgehead atoms. The Morgan fingerprint density at radius 1 is 0.625 bits per heavy atom. The first-order valence-corrected chi connectivity index (χ1v) is 10.9. The van der Waals surface area contributed by atoms with Gasteiger partial charge in [0.2, 0.25) is 0 Å². The zero-order chi connectivity index (χ0) is 22.2. The molecule has 0 aromatic heterocycles. The lowest BCUT2D eigenvalue weighted by molar-refractivity contribution is 0.475. The molecule has 0 saturated carbocycles. The number of phenols is 2. The Bertz CT molecular complexity index is 1170. The highest BCUT2D eigenvalue weighted by Gasteiger charge is 2.04. The normalized spacial score (nSPS) is 11.9. The number of rotatable bonds is 9. The van der Waals surface area contributed by atoms with Crippen molar-refractivity contribution < 1.29 is 10.2 Å². The lowest BCUT2D eigenvalue weighted by Gasteiger charge is -2.05. The number of hydrogen-bond donors (Lipinski definition) is 3. The van der Waals surface area contributed by atoms with Gasteiger partial charge in [-0.1, -0.05) is 60.7 Å². The fourth-order valence-electron chi connectivity index (χ4n) is 3.72. The maximum absolute atomic E-state index is 10.2. The van der Waals surface area contributed by atoms with Crippen molar-refractivity contribution >= 4 is 34.0 Å². The fraction of sp³-hybridized carbons (Fsp3) is 0.185. The SMILES string of the molecule is Oc1ccc2ccccc2c1C=NCCCNCCN=Cc1c(O)ccc2ccccc12. The van der Waals surface area contributed by atoms with Gasteiger partial charge in [0.25, 0.3) is 0 Å². The molecule has 0 spiro atoms. The third-order valence-corrected chi connectivity index (χ3v) is 5.39. The van der Waals surface area contributed by atoms with Crippen LogP contribution in [0, 0.1) is 0 Å². The maximum atomic E-state index is 10.2. The number of aromatic hydroxyl groups is 2. The molecule has 162 valence electrons. The van der Waals surface area contributed by atoms with Gasteiger partial charge in [0, 0.05) is 36.6 Å². The van der Waals surface area contributed by atoms with Crippen molar-refractivity contribution in [3.8, 4) is 11.5 Å². The first-order valence-electron chi connectivity index (χ1n) is 10.9. The van der Waals surface area contributed by atoms with E-state index < -0.39 is 0 Å². The van der Waals surface area contributed by atoms with E-state index in [2.05, 4.69) is 15.3 Å². The van der Waals surface area contributed by atoms with E-state index in [1.807, 2.05) is 60.7 Å². The van der Waals surface area contributed by atoms with Crippen LogP contribution < -0.4 is 5.32 Å². The number of nitrogens with zero attached hydrogens (tertiary/aromatic N) is 2. The van der Waals surface area contributed by atoms with E-state index in [1.165, 1.54) is 0 Å². The lowest BCUT2D eigenvalue weighted by atomic mass is 10.0. The van der Waals surface area contributed by atoms with Gasteiger partial charge in [-0.2, -0.15) is 0 Å². The van der Waals surface area contributed by atoms with Gasteiger partial charge in [-0.15, -0.1) is 0 Å². The molecule has 0 aliphatic heterocycles. The molecule has 4 rings (SSSR count). The largest absolute Gasteiger partial charge is 0.507 e. The minimum absolute atomic E-state index is 0.246. The van der Waals surface area contributed by atoms with Crippen molar-refractivity contribution in [2.75, 3.05) is 26.2 Å². The van der Waals surface area contributed by atoms with Gasteiger partial charge in [-0.25, -0.2) is 0 Å². The van der Waals surface area contributed by atoms with Gasteiger partial charge in [-0.3, -0.25) is 9.98 Å². The number of phenolic OH excluding ortho intramolecular Hbond substituents is 2. The van der Waals surface area contributed by atoms with E-state index in [-0.39, 0.29) is 11.5 Å². The third-order valence-electron chi connectivity index (χ3n) is 5.39. The molecular weight excluding hydrogens is 398 g/mol. The number of fused-ring (bicyclic) bond motifs is 2. The first-order chi connectivity index (χ1) is 15.7. The quantitative estimate of drug-likeness (QED) is 0.263. The summed E-state index contributed by atoms with van der Waals surface area (Å²) in [7, 11) is 0. The maximum Gasteiger partial charge on any atom is 0.124 e. The summed E-state index contributed by atoms with van der Waals surface area (Å²) in [6.45, 7) is 2.92. The summed E-state index contributed by atoms with van der Waals surface area (Å²) < 4.78 is 0. The van der Waals surface area contributed by atoms with E-state index >= 15 is 0 Å². The molecule has 0 saturated heterocycles. The minimum Gasteiger partial charge on any atom is -0.507 e. The van der Waals surface area contributed by atoms with Crippen LogP contribution in [-0.2, 0) is 0 Å². The van der Waals surface area contributed by atoms with Crippen LogP contribution in [0.1, 0.15) is 17.5 Å². The predicted molar refractivity (Wildman–Crippen MR) is 134 cm³/mol. The average Bonchev–Trinajstić information content (AvgIpc) is 2.82. The van der Waals surface area contributed by atoms with Gasteiger partial charge in [0.15, 0.2) is 0 Å². The summed E-state index contributed by atoms with van der Waals surface area (Å²) in [6.07, 6.45) is 4.41. The molecule has 32 heavy (non-hydrogen) atoms. The molecule has 0 heterocycles.